The summed E-state index contributed by atoms with van der Waals surface area (Å²) in [6, 6.07) is 24.0. The number of sulfonamides is 3. The smallest absolute Gasteiger partial charge is 0.417 e. The molecule has 6 aliphatic heterocycles. The molecule has 4 amide bonds. The molecular weight excluding hydrogens is 1450 g/mol. The van der Waals surface area contributed by atoms with Crippen LogP contribution in [0.3, 0.4) is 0 Å². The number of alkyl carbamates (subject to hydrolysis) is 1. The van der Waals surface area contributed by atoms with Crippen LogP contribution in [0.4, 0.5) is 61.9 Å². The summed E-state index contributed by atoms with van der Waals surface area (Å²) >= 11 is 9.64. The number of alkyl halides is 3. The highest BCUT2D eigenvalue weighted by molar-refractivity contribution is 7.93. The Kier molecular flexibility index (Phi) is 21.3. The van der Waals surface area contributed by atoms with Crippen LogP contribution in [-0.4, -0.2) is 150 Å². The molecule has 10 heterocycles. The fourth-order valence-electron chi connectivity index (χ4n) is 13.0. The second kappa shape index (κ2) is 29.8. The highest BCUT2D eigenvalue weighted by Gasteiger charge is 2.44. The summed E-state index contributed by atoms with van der Waals surface area (Å²) < 4.78 is 127. The van der Waals surface area contributed by atoms with Crippen LogP contribution in [0.2, 0.25) is 5.02 Å². The molecule has 25 nitrogen and oxygen atoms in total. The topological polar surface area (TPSA) is 299 Å². The second-order valence-electron chi connectivity index (χ2n) is 25.4. The average molecular weight is 1530 g/mol. The average Bonchev–Trinajstić information content (AvgIpc) is 1.63. The molecule has 4 saturated heterocycles. The van der Waals surface area contributed by atoms with E-state index in [-0.39, 0.29) is 63.2 Å². The standard InChI is InChI=1S/C24H33N5O5S2.C22H18ClF3N4O3S2.C20H19N5O3S2.6H2/c1-24(2,3)34-23(31)26-16-17-8-12-28(13-9-17)20-10-14-29(21(20)30)18-4-6-19(7-5-18)36(32,33)27-22-25-11-15-35-22;23-19-15-7-10-30(17(15)6-5-16(19)22(24,25)26)18-8-11-29(20(18)31)13-1-3-14(4-2-13)35(32,33)28-21-27-9-12-34-21;26-19-17(25-11-7-14-2-1-9-21-18(14)25)8-12-24(19)15-3-5-16(6-4-15)30(27,28)23-20-22-10-13-29-20;;;;;;/h4-7,11,15,17,20H,8-10,12-14,16H2,1-3H3,(H,25,27)(H,26,31);1-6,9,12,18H,7-8,10-11H2,(H,27,28);1-6,9-10,13,17H,7-8,11-12H2,(H,22,23);6*1H/t;18-;17-;;;;;;/m.00....../s1. The Morgan fingerprint density at radius 2 is 0.990 bits per heavy atom. The molecule has 3 atom stereocenters. The van der Waals surface area contributed by atoms with Gasteiger partial charge in [0.2, 0.25) is 17.7 Å². The van der Waals surface area contributed by atoms with E-state index in [0.717, 1.165) is 68.5 Å². The monoisotopic (exact) mass is 1530 g/mol. The van der Waals surface area contributed by atoms with Crippen LogP contribution in [0.5, 0.6) is 0 Å². The molecule has 35 heteroatoms. The van der Waals surface area contributed by atoms with Gasteiger partial charge in [0, 0.05) is 112 Å². The number of nitrogens with one attached hydrogen (secondary N) is 4. The van der Waals surface area contributed by atoms with Gasteiger partial charge in [-0.3, -0.25) is 33.4 Å². The summed E-state index contributed by atoms with van der Waals surface area (Å²) in [7, 11) is -11.3. The van der Waals surface area contributed by atoms with Gasteiger partial charge in [0.05, 0.1) is 31.3 Å². The maximum absolute atomic E-state index is 13.2. The van der Waals surface area contributed by atoms with Gasteiger partial charge in [-0.2, -0.15) is 13.2 Å². The van der Waals surface area contributed by atoms with Crippen molar-refractivity contribution in [2.75, 3.05) is 91.0 Å². The number of fused-ring (bicyclic) bond motifs is 2. The zero-order valence-corrected chi connectivity index (χ0v) is 60.3. The third-order valence-corrected chi connectivity index (χ3v) is 24.8. The Hall–Kier alpha value is -8.51. The van der Waals surface area contributed by atoms with Gasteiger partial charge in [-0.05, 0) is 187 Å². The molecular formula is C66H82ClF3N14O11S6. The van der Waals surface area contributed by atoms with Crippen LogP contribution < -0.4 is 44.0 Å². The number of aromatic nitrogens is 4. The van der Waals surface area contributed by atoms with E-state index in [0.29, 0.717) is 96.5 Å². The number of carbonyl (C=O) groups is 4. The molecule has 4 fully saturated rings. The molecule has 0 bridgehead atoms. The summed E-state index contributed by atoms with van der Waals surface area (Å²) in [5.41, 5.74) is 2.63. The maximum atomic E-state index is 13.2. The van der Waals surface area contributed by atoms with Crippen LogP contribution in [0, 0.1) is 5.92 Å². The van der Waals surface area contributed by atoms with E-state index in [9.17, 15) is 57.6 Å². The van der Waals surface area contributed by atoms with Crippen molar-refractivity contribution < 1.29 is 70.9 Å². The van der Waals surface area contributed by atoms with E-state index >= 15 is 0 Å². The molecule has 1 unspecified atom stereocenters. The number of hydrogen-bond acceptors (Lipinski definition) is 21. The van der Waals surface area contributed by atoms with Crippen LogP contribution in [-0.2, 0) is 68.2 Å². The fraction of sp³-hybridized carbons (Fsp3) is 0.364. The summed E-state index contributed by atoms with van der Waals surface area (Å²) in [6.45, 7) is 10.4. The first-order valence-electron chi connectivity index (χ1n) is 32.2. The number of benzene rings is 4. The van der Waals surface area contributed by atoms with Gasteiger partial charge in [-0.15, -0.1) is 34.0 Å². The lowest BCUT2D eigenvalue weighted by Gasteiger charge is -2.35. The number of likely N-dealkylation sites (tertiary alicyclic amines) is 1. The van der Waals surface area contributed by atoms with Gasteiger partial charge in [0.15, 0.2) is 15.4 Å². The van der Waals surface area contributed by atoms with Crippen molar-refractivity contribution in [1.29, 1.82) is 0 Å². The second-order valence-corrected chi connectivity index (χ2v) is 33.5. The highest BCUT2D eigenvalue weighted by atomic mass is 35.5. The number of pyridine rings is 1. The van der Waals surface area contributed by atoms with Gasteiger partial charge >= 0.3 is 12.3 Å². The SMILES string of the molecule is CC(C)(C)OC(=O)NCC1CCN(C2CCN(c3ccc(S(=O)(=O)Nc4nccs4)cc3)C2=O)CC1.O=C1[C@@H](N2CCc3c2ccc(C(F)(F)F)c3Cl)CCN1c1ccc(S(=O)(=O)Nc2nccs2)cc1.O=C1[C@@H](N2CCc3cccnc32)CCN1c1ccc(S(=O)(=O)Nc2nccs2)cc1.[HH].[HH].[HH].[HH].[HH].[HH]. The minimum atomic E-state index is -4.55. The van der Waals surface area contributed by atoms with Crippen molar-refractivity contribution in [2.45, 2.75) is 110 Å². The third kappa shape index (κ3) is 16.5. The first-order chi connectivity index (χ1) is 48.1. The van der Waals surface area contributed by atoms with Crippen LogP contribution in [0.1, 0.15) is 78.1 Å². The lowest BCUT2D eigenvalue weighted by atomic mass is 9.95. The number of amides is 4. The van der Waals surface area contributed by atoms with Crippen molar-refractivity contribution in [3.63, 3.8) is 0 Å². The predicted octanol–water partition coefficient (Wildman–Crippen LogP) is 12.1. The predicted molar refractivity (Wildman–Crippen MR) is 394 cm³/mol. The van der Waals surface area contributed by atoms with Crippen LogP contribution in [0.15, 0.2) is 153 Å². The summed E-state index contributed by atoms with van der Waals surface area (Å²) in [6.07, 6.45) is 6.30. The molecule has 4 aromatic carbocycles. The Labute approximate surface area is 607 Å². The molecule has 546 valence electrons. The molecule has 0 saturated carbocycles. The van der Waals surface area contributed by atoms with Crippen LogP contribution in [0.25, 0.3) is 0 Å². The Morgan fingerprint density at radius 1 is 0.554 bits per heavy atom. The summed E-state index contributed by atoms with van der Waals surface area (Å²) in [4.78, 5) is 79.1. The van der Waals surface area contributed by atoms with Gasteiger partial charge < -0.3 is 34.6 Å². The lowest BCUT2D eigenvalue weighted by molar-refractivity contribution is -0.137. The van der Waals surface area contributed by atoms with Crippen molar-refractivity contribution in [2.24, 2.45) is 5.92 Å². The van der Waals surface area contributed by atoms with Crippen molar-refractivity contribution >= 4 is 143 Å². The van der Waals surface area contributed by atoms with Crippen LogP contribution >= 0.6 is 45.6 Å². The maximum Gasteiger partial charge on any atom is 0.417 e. The first kappa shape index (κ1) is 72.3. The molecule has 4 aromatic heterocycles. The van der Waals surface area contributed by atoms with Crippen molar-refractivity contribution in [1.82, 2.24) is 30.2 Å². The number of piperidine rings is 1. The zero-order chi connectivity index (χ0) is 71.6. The minimum Gasteiger partial charge on any atom is -0.444 e. The van der Waals surface area contributed by atoms with Crippen molar-refractivity contribution in [3.05, 3.63) is 160 Å². The van der Waals surface area contributed by atoms with E-state index in [2.05, 4.69) is 55.3 Å². The number of nitrogens with zero attached hydrogens (tertiary/aromatic N) is 10. The molecule has 8 aromatic rings. The van der Waals surface area contributed by atoms with E-state index < -0.39 is 59.5 Å². The van der Waals surface area contributed by atoms with Gasteiger partial charge in [0.1, 0.15) is 23.5 Å². The third-order valence-electron chi connectivity index (χ3n) is 17.8. The normalized spacial score (nSPS) is 19.0. The van der Waals surface area contributed by atoms with Crippen molar-refractivity contribution in [3.8, 4) is 0 Å². The summed E-state index contributed by atoms with van der Waals surface area (Å²) in [5.74, 6) is 1.11. The Bertz CT molecular complexity index is 4680. The summed E-state index contributed by atoms with van der Waals surface area (Å²) in [5, 5.41) is 8.45. The van der Waals surface area contributed by atoms with E-state index in [4.69, 9.17) is 16.3 Å². The Morgan fingerprint density at radius 3 is 1.43 bits per heavy atom. The van der Waals surface area contributed by atoms with E-state index in [1.54, 1.807) is 78.3 Å². The van der Waals surface area contributed by atoms with E-state index in [1.165, 1.54) is 89.3 Å². The zero-order valence-electron chi connectivity index (χ0n) is 54.6. The van der Waals surface area contributed by atoms with Gasteiger partial charge in [-0.1, -0.05) is 17.7 Å². The van der Waals surface area contributed by atoms with Gasteiger partial charge in [-0.25, -0.2) is 50.0 Å². The number of hydrogen-bond donors (Lipinski definition) is 4. The molecule has 4 N–H and O–H groups in total. The largest absolute Gasteiger partial charge is 0.444 e. The minimum absolute atomic E-state index is 0. The number of anilines is 8. The molecule has 0 spiro atoms. The molecule has 0 aliphatic carbocycles. The lowest BCUT2D eigenvalue weighted by Crippen LogP contribution is -2.47. The Balaban J connectivity index is 0.000000245. The number of thiazole rings is 3. The number of carbonyl (C=O) groups excluding carboxylic acids is 4. The molecule has 14 rings (SSSR count). The van der Waals surface area contributed by atoms with Gasteiger partial charge in [0.25, 0.3) is 30.1 Å². The number of halogens is 4. The number of ether oxygens (including phenoxy) is 1. The number of rotatable bonds is 17. The molecule has 0 radical (unpaired) electrons. The highest BCUT2D eigenvalue weighted by Crippen LogP contribution is 2.44. The quantitative estimate of drug-likeness (QED) is 0.0658. The molecule has 6 aliphatic rings. The molecule has 101 heavy (non-hydrogen) atoms. The van der Waals surface area contributed by atoms with E-state index in [1.807, 2.05) is 26.8 Å². The fourth-order valence-corrected chi connectivity index (χ4v) is 18.7. The first-order valence-corrected chi connectivity index (χ1v) is 39.7.